The van der Waals surface area contributed by atoms with Crippen LogP contribution in [0.2, 0.25) is 0 Å². The highest BCUT2D eigenvalue weighted by molar-refractivity contribution is 7.92. The predicted octanol–water partition coefficient (Wildman–Crippen LogP) is 3.51. The number of pyridine rings is 1. The number of benzene rings is 2. The molecule has 1 aromatic heterocycles. The first-order valence-electron chi connectivity index (χ1n) is 8.50. The van der Waals surface area contributed by atoms with Gasteiger partial charge in [0.25, 0.3) is 10.0 Å². The number of nitrogens with one attached hydrogen (secondary N) is 2. The van der Waals surface area contributed by atoms with Gasteiger partial charge in [0.05, 0.1) is 26.1 Å². The third-order valence-electron chi connectivity index (χ3n) is 4.00. The number of hydrogen-bond acceptors (Lipinski definition) is 6. The van der Waals surface area contributed by atoms with Gasteiger partial charge in [-0.05, 0) is 29.8 Å². The van der Waals surface area contributed by atoms with Gasteiger partial charge in [0.15, 0.2) is 0 Å². The molecular formula is C20H21N3O4S. The first-order valence-corrected chi connectivity index (χ1v) is 9.99. The minimum Gasteiger partial charge on any atom is -0.497 e. The number of nitrogens with zero attached hydrogens (tertiary/aromatic N) is 1. The summed E-state index contributed by atoms with van der Waals surface area (Å²) in [5.41, 5.74) is 1.92. The van der Waals surface area contributed by atoms with Crippen molar-refractivity contribution < 1.29 is 17.9 Å². The molecule has 0 aliphatic carbocycles. The van der Waals surface area contributed by atoms with Crippen LogP contribution in [0.4, 0.5) is 11.5 Å². The SMILES string of the molecule is COc1ccc(S(=O)(=O)Nc2ccc(NCc3ccccc3)cn2)c(OC)c1. The number of sulfonamides is 1. The maximum absolute atomic E-state index is 12.7. The summed E-state index contributed by atoms with van der Waals surface area (Å²) in [6, 6.07) is 17.8. The minimum absolute atomic E-state index is 0.00359. The zero-order chi connectivity index (χ0) is 20.0. The van der Waals surface area contributed by atoms with E-state index in [-0.39, 0.29) is 16.5 Å². The minimum atomic E-state index is -3.86. The van der Waals surface area contributed by atoms with Crippen molar-refractivity contribution in [2.24, 2.45) is 0 Å². The molecule has 0 unspecified atom stereocenters. The zero-order valence-electron chi connectivity index (χ0n) is 15.5. The summed E-state index contributed by atoms with van der Waals surface area (Å²) in [7, 11) is -0.962. The quantitative estimate of drug-likeness (QED) is 0.602. The van der Waals surface area contributed by atoms with Crippen molar-refractivity contribution in [1.82, 2.24) is 4.98 Å². The lowest BCUT2D eigenvalue weighted by Gasteiger charge is -2.12. The van der Waals surface area contributed by atoms with E-state index in [4.69, 9.17) is 9.47 Å². The van der Waals surface area contributed by atoms with Crippen LogP contribution in [-0.4, -0.2) is 27.6 Å². The molecule has 7 nitrogen and oxygen atoms in total. The van der Waals surface area contributed by atoms with Crippen molar-refractivity contribution in [2.75, 3.05) is 24.3 Å². The number of methoxy groups -OCH3 is 2. The van der Waals surface area contributed by atoms with Crippen LogP contribution in [0.25, 0.3) is 0 Å². The molecule has 3 aromatic rings. The molecule has 0 aliphatic rings. The molecule has 0 saturated carbocycles. The molecule has 0 atom stereocenters. The second-order valence-corrected chi connectivity index (χ2v) is 7.54. The zero-order valence-corrected chi connectivity index (χ0v) is 16.4. The van der Waals surface area contributed by atoms with Crippen molar-refractivity contribution in [2.45, 2.75) is 11.4 Å². The largest absolute Gasteiger partial charge is 0.497 e. The first kappa shape index (κ1) is 19.5. The lowest BCUT2D eigenvalue weighted by molar-refractivity contribution is 0.386. The predicted molar refractivity (Wildman–Crippen MR) is 108 cm³/mol. The van der Waals surface area contributed by atoms with Crippen molar-refractivity contribution in [3.63, 3.8) is 0 Å². The van der Waals surface area contributed by atoms with Gasteiger partial charge in [-0.1, -0.05) is 30.3 Å². The molecule has 2 aromatic carbocycles. The fraction of sp³-hybridized carbons (Fsp3) is 0.150. The third-order valence-corrected chi connectivity index (χ3v) is 5.40. The number of hydrogen-bond donors (Lipinski definition) is 2. The Morgan fingerprint density at radius 3 is 2.39 bits per heavy atom. The monoisotopic (exact) mass is 399 g/mol. The van der Waals surface area contributed by atoms with Crippen molar-refractivity contribution >= 4 is 21.5 Å². The number of ether oxygens (including phenoxy) is 2. The average Bonchev–Trinajstić information content (AvgIpc) is 2.73. The molecule has 0 radical (unpaired) electrons. The average molecular weight is 399 g/mol. The Kier molecular flexibility index (Phi) is 6.00. The van der Waals surface area contributed by atoms with Crippen molar-refractivity contribution in [3.8, 4) is 11.5 Å². The molecule has 8 heteroatoms. The Labute approximate surface area is 164 Å². The Balaban J connectivity index is 1.71. The topological polar surface area (TPSA) is 89.6 Å². The normalized spacial score (nSPS) is 10.9. The fourth-order valence-corrected chi connectivity index (χ4v) is 3.71. The van der Waals surface area contributed by atoms with Gasteiger partial charge in [0.1, 0.15) is 22.2 Å². The highest BCUT2D eigenvalue weighted by atomic mass is 32.2. The molecule has 0 aliphatic heterocycles. The Hall–Kier alpha value is -3.26. The molecule has 0 fully saturated rings. The summed E-state index contributed by atoms with van der Waals surface area (Å²) in [5, 5.41) is 3.24. The van der Waals surface area contributed by atoms with Gasteiger partial charge in [-0.2, -0.15) is 0 Å². The summed E-state index contributed by atoms with van der Waals surface area (Å²) in [6.07, 6.45) is 1.58. The van der Waals surface area contributed by atoms with Gasteiger partial charge < -0.3 is 14.8 Å². The molecule has 1 heterocycles. The van der Waals surface area contributed by atoms with Crippen LogP contribution < -0.4 is 19.5 Å². The molecule has 0 bridgehead atoms. The molecule has 2 N–H and O–H groups in total. The van der Waals surface area contributed by atoms with Crippen LogP contribution in [0.15, 0.2) is 71.8 Å². The van der Waals surface area contributed by atoms with Crippen LogP contribution in [-0.2, 0) is 16.6 Å². The third kappa shape index (κ3) is 4.72. The molecule has 0 saturated heterocycles. The van der Waals surface area contributed by atoms with Crippen LogP contribution in [0, 0.1) is 0 Å². The number of anilines is 2. The van der Waals surface area contributed by atoms with Gasteiger partial charge in [-0.25, -0.2) is 13.4 Å². The molecule has 0 amide bonds. The standard InChI is InChI=1S/C20H21N3O4S/c1-26-17-9-10-19(18(12-17)27-2)28(24,25)23-20-11-8-16(14-22-20)21-13-15-6-4-3-5-7-15/h3-12,14,21H,13H2,1-2H3,(H,22,23). The van der Waals surface area contributed by atoms with E-state index >= 15 is 0 Å². The van der Waals surface area contributed by atoms with Crippen LogP contribution in [0.1, 0.15) is 5.56 Å². The summed E-state index contributed by atoms with van der Waals surface area (Å²) < 4.78 is 38.1. The van der Waals surface area contributed by atoms with Crippen LogP contribution in [0.3, 0.4) is 0 Å². The van der Waals surface area contributed by atoms with Gasteiger partial charge in [-0.3, -0.25) is 4.72 Å². The van der Waals surface area contributed by atoms with Crippen molar-refractivity contribution in [3.05, 3.63) is 72.4 Å². The highest BCUT2D eigenvalue weighted by Gasteiger charge is 2.20. The van der Waals surface area contributed by atoms with E-state index in [1.807, 2.05) is 30.3 Å². The smallest absolute Gasteiger partial charge is 0.266 e. The maximum Gasteiger partial charge on any atom is 0.266 e. The lowest BCUT2D eigenvalue weighted by atomic mass is 10.2. The summed E-state index contributed by atoms with van der Waals surface area (Å²) in [4.78, 5) is 4.18. The highest BCUT2D eigenvalue weighted by Crippen LogP contribution is 2.29. The van der Waals surface area contributed by atoms with E-state index < -0.39 is 10.0 Å². The number of rotatable bonds is 8. The van der Waals surface area contributed by atoms with E-state index in [9.17, 15) is 8.42 Å². The molecule has 28 heavy (non-hydrogen) atoms. The molecular weight excluding hydrogens is 378 g/mol. The van der Waals surface area contributed by atoms with Gasteiger partial charge >= 0.3 is 0 Å². The molecule has 146 valence electrons. The summed E-state index contributed by atoms with van der Waals surface area (Å²) in [6.45, 7) is 0.649. The van der Waals surface area contributed by atoms with Crippen LogP contribution in [0.5, 0.6) is 11.5 Å². The van der Waals surface area contributed by atoms with Crippen LogP contribution >= 0.6 is 0 Å². The first-order chi connectivity index (χ1) is 13.5. The summed E-state index contributed by atoms with van der Waals surface area (Å²) in [5.74, 6) is 0.902. The van der Waals surface area contributed by atoms with Gasteiger partial charge in [0, 0.05) is 12.6 Å². The molecule has 3 rings (SSSR count). The van der Waals surface area contributed by atoms with E-state index in [1.165, 1.54) is 26.4 Å². The fourth-order valence-electron chi connectivity index (χ4n) is 2.55. The second kappa shape index (κ2) is 8.62. The Morgan fingerprint density at radius 2 is 1.75 bits per heavy atom. The van der Waals surface area contributed by atoms with E-state index in [1.54, 1.807) is 24.4 Å². The number of aromatic nitrogens is 1. The second-order valence-electron chi connectivity index (χ2n) is 5.89. The Morgan fingerprint density at radius 1 is 0.964 bits per heavy atom. The van der Waals surface area contributed by atoms with Gasteiger partial charge in [0.2, 0.25) is 0 Å². The van der Waals surface area contributed by atoms with Gasteiger partial charge in [-0.15, -0.1) is 0 Å². The van der Waals surface area contributed by atoms with E-state index in [0.29, 0.717) is 12.3 Å². The van der Waals surface area contributed by atoms with E-state index in [2.05, 4.69) is 15.0 Å². The molecule has 0 spiro atoms. The maximum atomic E-state index is 12.7. The van der Waals surface area contributed by atoms with Crippen molar-refractivity contribution in [1.29, 1.82) is 0 Å². The Bertz CT molecular complexity index is 1020. The lowest BCUT2D eigenvalue weighted by Crippen LogP contribution is -2.15. The van der Waals surface area contributed by atoms with E-state index in [0.717, 1.165) is 11.3 Å². The summed E-state index contributed by atoms with van der Waals surface area (Å²) >= 11 is 0.